The van der Waals surface area contributed by atoms with E-state index in [0.29, 0.717) is 17.3 Å². The van der Waals surface area contributed by atoms with E-state index in [1.807, 2.05) is 0 Å². The number of aryl methyl sites for hydroxylation is 1. The number of hydrogen-bond acceptors (Lipinski definition) is 4. The largest absolute Gasteiger partial charge is 0.477 e. The molecule has 0 bridgehead atoms. The molecule has 0 radical (unpaired) electrons. The molecule has 5 nitrogen and oxygen atoms in total. The predicted molar refractivity (Wildman–Crippen MR) is 77.8 cm³/mol. The molecule has 0 saturated heterocycles. The van der Waals surface area contributed by atoms with Gasteiger partial charge in [0.1, 0.15) is 4.88 Å². The first-order valence-electron chi connectivity index (χ1n) is 6.73. The number of sulfonamides is 1. The van der Waals surface area contributed by atoms with E-state index in [1.165, 1.54) is 12.5 Å². The van der Waals surface area contributed by atoms with E-state index < -0.39 is 16.0 Å². The molecule has 112 valence electrons. The van der Waals surface area contributed by atoms with Crippen LogP contribution < -0.4 is 4.72 Å². The molecule has 1 aliphatic rings. The van der Waals surface area contributed by atoms with Gasteiger partial charge in [-0.15, -0.1) is 11.3 Å². The maximum atomic E-state index is 12.2. The predicted octanol–water partition coefficient (Wildman–Crippen LogP) is 2.61. The fourth-order valence-electron chi connectivity index (χ4n) is 2.53. The molecule has 0 aromatic carbocycles. The number of nitrogens with one attached hydrogen (secondary N) is 1. The Bertz CT molecular complexity index is 586. The lowest BCUT2D eigenvalue weighted by molar-refractivity contribution is 0.0702. The first kappa shape index (κ1) is 15.5. The van der Waals surface area contributed by atoms with Gasteiger partial charge in [0.15, 0.2) is 0 Å². The van der Waals surface area contributed by atoms with Gasteiger partial charge in [0.05, 0.1) is 4.90 Å². The van der Waals surface area contributed by atoms with E-state index in [4.69, 9.17) is 5.11 Å². The van der Waals surface area contributed by atoms with Crippen LogP contribution in [-0.4, -0.2) is 26.0 Å². The summed E-state index contributed by atoms with van der Waals surface area (Å²) in [7, 11) is -3.61. The van der Waals surface area contributed by atoms with Gasteiger partial charge < -0.3 is 5.11 Å². The smallest absolute Gasteiger partial charge is 0.345 e. The van der Waals surface area contributed by atoms with Crippen LogP contribution in [0.3, 0.4) is 0 Å². The van der Waals surface area contributed by atoms with Gasteiger partial charge in [-0.1, -0.05) is 19.3 Å². The summed E-state index contributed by atoms with van der Waals surface area (Å²) in [6, 6.07) is 1.24. The van der Waals surface area contributed by atoms with Crippen molar-refractivity contribution < 1.29 is 18.3 Å². The molecule has 1 aromatic rings. The minimum atomic E-state index is -3.61. The lowest BCUT2D eigenvalue weighted by Crippen LogP contribution is -2.30. The van der Waals surface area contributed by atoms with Gasteiger partial charge in [-0.05, 0) is 31.7 Å². The van der Waals surface area contributed by atoms with Crippen molar-refractivity contribution in [3.8, 4) is 0 Å². The molecule has 2 rings (SSSR count). The standard InChI is InChI=1S/C13H19NO4S2/c1-9-12(7-11(19-9)13(15)16)20(17,18)14-8-10-5-3-2-4-6-10/h7,10,14H,2-6,8H2,1H3,(H,15,16). The third-order valence-corrected chi connectivity index (χ3v) is 6.38. The molecule has 1 fully saturated rings. The van der Waals surface area contributed by atoms with E-state index in [2.05, 4.69) is 4.72 Å². The molecule has 1 aliphatic carbocycles. The molecule has 1 heterocycles. The van der Waals surface area contributed by atoms with E-state index in [9.17, 15) is 13.2 Å². The Balaban J connectivity index is 2.07. The van der Waals surface area contributed by atoms with Gasteiger partial charge in [0.25, 0.3) is 0 Å². The molecule has 1 aromatic heterocycles. The number of carbonyl (C=O) groups is 1. The van der Waals surface area contributed by atoms with Crippen molar-refractivity contribution in [2.45, 2.75) is 43.9 Å². The molecular weight excluding hydrogens is 298 g/mol. The third kappa shape index (κ3) is 3.59. The number of rotatable bonds is 5. The summed E-state index contributed by atoms with van der Waals surface area (Å²) in [6.07, 6.45) is 5.67. The van der Waals surface area contributed by atoms with Crippen LogP contribution in [0.4, 0.5) is 0 Å². The van der Waals surface area contributed by atoms with Crippen LogP contribution in [-0.2, 0) is 10.0 Å². The Labute approximate surface area is 123 Å². The van der Waals surface area contributed by atoms with Gasteiger partial charge in [0, 0.05) is 11.4 Å². The SMILES string of the molecule is Cc1sc(C(=O)O)cc1S(=O)(=O)NCC1CCCCC1. The highest BCUT2D eigenvalue weighted by Gasteiger charge is 2.23. The Morgan fingerprint density at radius 3 is 2.60 bits per heavy atom. The summed E-state index contributed by atoms with van der Waals surface area (Å²) in [5.41, 5.74) is 0. The van der Waals surface area contributed by atoms with E-state index in [1.54, 1.807) is 6.92 Å². The first-order chi connectivity index (χ1) is 9.40. The summed E-state index contributed by atoms with van der Waals surface area (Å²) in [6.45, 7) is 2.08. The molecule has 0 spiro atoms. The van der Waals surface area contributed by atoms with Crippen molar-refractivity contribution in [2.75, 3.05) is 6.54 Å². The van der Waals surface area contributed by atoms with Crippen molar-refractivity contribution in [2.24, 2.45) is 5.92 Å². The van der Waals surface area contributed by atoms with E-state index in [0.717, 1.165) is 37.0 Å². The summed E-state index contributed by atoms with van der Waals surface area (Å²) >= 11 is 0.992. The van der Waals surface area contributed by atoms with E-state index in [-0.39, 0.29) is 9.77 Å². The number of aromatic carboxylic acids is 1. The van der Waals surface area contributed by atoms with Gasteiger partial charge in [0.2, 0.25) is 10.0 Å². The molecule has 1 saturated carbocycles. The highest BCUT2D eigenvalue weighted by molar-refractivity contribution is 7.89. The summed E-state index contributed by atoms with van der Waals surface area (Å²) in [5.74, 6) is -0.691. The fourth-order valence-corrected chi connectivity index (χ4v) is 5.08. The van der Waals surface area contributed by atoms with Gasteiger partial charge >= 0.3 is 5.97 Å². The zero-order valence-corrected chi connectivity index (χ0v) is 13.0. The Hall–Kier alpha value is -0.920. The summed E-state index contributed by atoms with van der Waals surface area (Å²) in [5, 5.41) is 8.92. The minimum absolute atomic E-state index is 0.0561. The van der Waals surface area contributed by atoms with Crippen LogP contribution in [0.25, 0.3) is 0 Å². The Morgan fingerprint density at radius 2 is 2.05 bits per heavy atom. The van der Waals surface area contributed by atoms with Crippen LogP contribution in [0.15, 0.2) is 11.0 Å². The first-order valence-corrected chi connectivity index (χ1v) is 9.03. The molecule has 0 amide bonds. The monoisotopic (exact) mass is 317 g/mol. The van der Waals surface area contributed by atoms with Gasteiger partial charge in [-0.25, -0.2) is 17.9 Å². The Morgan fingerprint density at radius 1 is 1.40 bits per heavy atom. The second-order valence-electron chi connectivity index (χ2n) is 5.19. The minimum Gasteiger partial charge on any atom is -0.477 e. The second kappa shape index (κ2) is 6.24. The molecule has 20 heavy (non-hydrogen) atoms. The lowest BCUT2D eigenvalue weighted by atomic mass is 9.90. The van der Waals surface area contributed by atoms with Crippen LogP contribution in [0.2, 0.25) is 0 Å². The number of hydrogen-bond donors (Lipinski definition) is 2. The van der Waals surface area contributed by atoms with Crippen molar-refractivity contribution in [3.63, 3.8) is 0 Å². The average Bonchev–Trinajstić information content (AvgIpc) is 2.81. The number of carboxylic acid groups (broad SMARTS) is 1. The van der Waals surface area contributed by atoms with E-state index >= 15 is 0 Å². The molecule has 0 aliphatic heterocycles. The zero-order chi connectivity index (χ0) is 14.8. The molecule has 7 heteroatoms. The second-order valence-corrected chi connectivity index (χ2v) is 8.18. The number of carboxylic acids is 1. The highest BCUT2D eigenvalue weighted by Crippen LogP contribution is 2.27. The molecule has 2 N–H and O–H groups in total. The van der Waals surface area contributed by atoms with Crippen molar-refractivity contribution in [1.29, 1.82) is 0 Å². The van der Waals surface area contributed by atoms with Crippen LogP contribution in [0.5, 0.6) is 0 Å². The summed E-state index contributed by atoms with van der Waals surface area (Å²) < 4.78 is 27.1. The van der Waals surface area contributed by atoms with Crippen molar-refractivity contribution >= 4 is 27.3 Å². The lowest BCUT2D eigenvalue weighted by Gasteiger charge is -2.21. The average molecular weight is 317 g/mol. The maximum absolute atomic E-state index is 12.2. The Kier molecular flexibility index (Phi) is 4.82. The fraction of sp³-hybridized carbons (Fsp3) is 0.615. The van der Waals surface area contributed by atoms with Crippen molar-refractivity contribution in [1.82, 2.24) is 4.72 Å². The molecular formula is C13H19NO4S2. The normalized spacial score (nSPS) is 17.2. The van der Waals surface area contributed by atoms with Crippen molar-refractivity contribution in [3.05, 3.63) is 15.8 Å². The van der Waals surface area contributed by atoms with Crippen LogP contribution >= 0.6 is 11.3 Å². The summed E-state index contributed by atoms with van der Waals surface area (Å²) in [4.78, 5) is 11.6. The van der Waals surface area contributed by atoms with Gasteiger partial charge in [-0.2, -0.15) is 0 Å². The van der Waals surface area contributed by atoms with Gasteiger partial charge in [-0.3, -0.25) is 0 Å². The topological polar surface area (TPSA) is 83.5 Å². The number of thiophene rings is 1. The molecule has 0 unspecified atom stereocenters. The maximum Gasteiger partial charge on any atom is 0.345 e. The molecule has 0 atom stereocenters. The quantitative estimate of drug-likeness (QED) is 0.874. The van der Waals surface area contributed by atoms with Crippen LogP contribution in [0.1, 0.15) is 46.7 Å². The highest BCUT2D eigenvalue weighted by atomic mass is 32.2. The van der Waals surface area contributed by atoms with Crippen LogP contribution in [0, 0.1) is 12.8 Å². The zero-order valence-electron chi connectivity index (χ0n) is 11.4. The third-order valence-electron chi connectivity index (χ3n) is 3.66.